The maximum atomic E-state index is 9.44. The highest BCUT2D eigenvalue weighted by Crippen LogP contribution is 2.41. The standard InChI is InChI=1S/C24H24N4/c25-16-19-7-4-8-20(15-19)24(28-13-2-1-3-14-28)23(21-9-5-11-26-17-21)22-10-6-12-27-18-22/h4-12,15,17-18,23-24H,1-3,13-14H2. The first kappa shape index (κ1) is 18.3. The number of likely N-dealkylation sites (tertiary alicyclic amines) is 1. The van der Waals surface area contributed by atoms with Crippen LogP contribution < -0.4 is 0 Å². The van der Waals surface area contributed by atoms with Gasteiger partial charge in [0.25, 0.3) is 0 Å². The Morgan fingerprint density at radius 1 is 0.821 bits per heavy atom. The molecule has 1 fully saturated rings. The van der Waals surface area contributed by atoms with Crippen LogP contribution in [0.4, 0.5) is 0 Å². The molecule has 0 radical (unpaired) electrons. The molecular formula is C24H24N4. The normalized spacial score (nSPS) is 15.9. The van der Waals surface area contributed by atoms with Crippen LogP contribution in [-0.4, -0.2) is 28.0 Å². The van der Waals surface area contributed by atoms with Gasteiger partial charge in [-0.15, -0.1) is 0 Å². The van der Waals surface area contributed by atoms with Gasteiger partial charge in [-0.25, -0.2) is 0 Å². The van der Waals surface area contributed by atoms with Gasteiger partial charge in [0.05, 0.1) is 11.6 Å². The number of aromatic nitrogens is 2. The molecule has 2 aromatic heterocycles. The van der Waals surface area contributed by atoms with Gasteiger partial charge in [-0.1, -0.05) is 30.7 Å². The van der Waals surface area contributed by atoms with Crippen LogP contribution >= 0.6 is 0 Å². The minimum Gasteiger partial charge on any atom is -0.295 e. The van der Waals surface area contributed by atoms with Crippen LogP contribution in [0.5, 0.6) is 0 Å². The molecule has 1 aliphatic rings. The predicted molar refractivity (Wildman–Crippen MR) is 110 cm³/mol. The number of nitrogens with zero attached hydrogens (tertiary/aromatic N) is 4. The minimum atomic E-state index is 0.106. The van der Waals surface area contributed by atoms with E-state index in [2.05, 4.69) is 39.1 Å². The lowest BCUT2D eigenvalue weighted by Crippen LogP contribution is -2.37. The Labute approximate surface area is 166 Å². The van der Waals surface area contributed by atoms with E-state index in [1.165, 1.54) is 36.0 Å². The lowest BCUT2D eigenvalue weighted by Gasteiger charge is -2.40. The second-order valence-electron chi connectivity index (χ2n) is 7.33. The Morgan fingerprint density at radius 3 is 2.04 bits per heavy atom. The maximum absolute atomic E-state index is 9.44. The number of hydrogen-bond acceptors (Lipinski definition) is 4. The quantitative estimate of drug-likeness (QED) is 0.654. The lowest BCUT2D eigenvalue weighted by molar-refractivity contribution is 0.150. The van der Waals surface area contributed by atoms with Gasteiger partial charge in [0.15, 0.2) is 0 Å². The summed E-state index contributed by atoms with van der Waals surface area (Å²) in [7, 11) is 0. The van der Waals surface area contributed by atoms with Crippen molar-refractivity contribution in [1.82, 2.24) is 14.9 Å². The van der Waals surface area contributed by atoms with Crippen molar-refractivity contribution in [1.29, 1.82) is 5.26 Å². The topological polar surface area (TPSA) is 52.8 Å². The van der Waals surface area contributed by atoms with Gasteiger partial charge in [0, 0.05) is 36.7 Å². The Bertz CT molecular complexity index is 888. The molecule has 0 aliphatic carbocycles. The molecule has 0 amide bonds. The monoisotopic (exact) mass is 368 g/mol. The van der Waals surface area contributed by atoms with Crippen molar-refractivity contribution in [2.24, 2.45) is 0 Å². The molecular weight excluding hydrogens is 344 g/mol. The average molecular weight is 368 g/mol. The summed E-state index contributed by atoms with van der Waals surface area (Å²) >= 11 is 0. The Morgan fingerprint density at radius 2 is 1.46 bits per heavy atom. The summed E-state index contributed by atoms with van der Waals surface area (Å²) in [6, 6.07) is 18.8. The summed E-state index contributed by atoms with van der Waals surface area (Å²) in [6.07, 6.45) is 11.3. The van der Waals surface area contributed by atoms with Gasteiger partial charge in [-0.3, -0.25) is 14.9 Å². The highest BCUT2D eigenvalue weighted by Gasteiger charge is 2.32. The summed E-state index contributed by atoms with van der Waals surface area (Å²) in [5, 5.41) is 9.44. The number of pyridine rings is 2. The first-order valence-corrected chi connectivity index (χ1v) is 9.91. The van der Waals surface area contributed by atoms with Crippen LogP contribution in [0.2, 0.25) is 0 Å². The Hall–Kier alpha value is -3.03. The molecule has 1 aromatic carbocycles. The van der Waals surface area contributed by atoms with Crippen LogP contribution in [0.25, 0.3) is 0 Å². The minimum absolute atomic E-state index is 0.106. The van der Waals surface area contributed by atoms with E-state index in [4.69, 9.17) is 0 Å². The molecule has 4 nitrogen and oxygen atoms in total. The van der Waals surface area contributed by atoms with Crippen LogP contribution in [0, 0.1) is 11.3 Å². The SMILES string of the molecule is N#Cc1cccc(C(C(c2cccnc2)c2cccnc2)N2CCCCC2)c1. The van der Waals surface area contributed by atoms with E-state index in [0.717, 1.165) is 13.1 Å². The van der Waals surface area contributed by atoms with Crippen LogP contribution in [0.15, 0.2) is 73.3 Å². The zero-order chi connectivity index (χ0) is 19.2. The second-order valence-corrected chi connectivity index (χ2v) is 7.33. The van der Waals surface area contributed by atoms with Crippen LogP contribution in [-0.2, 0) is 0 Å². The third-order valence-electron chi connectivity index (χ3n) is 5.54. The maximum Gasteiger partial charge on any atom is 0.0991 e. The number of benzene rings is 1. The first-order chi connectivity index (χ1) is 13.9. The molecule has 0 spiro atoms. The van der Waals surface area contributed by atoms with E-state index >= 15 is 0 Å². The predicted octanol–water partition coefficient (Wildman–Crippen LogP) is 4.71. The van der Waals surface area contributed by atoms with Crippen molar-refractivity contribution in [2.75, 3.05) is 13.1 Å². The Kier molecular flexibility index (Phi) is 5.75. The van der Waals surface area contributed by atoms with Crippen LogP contribution in [0.1, 0.15) is 53.5 Å². The summed E-state index contributed by atoms with van der Waals surface area (Å²) < 4.78 is 0. The molecule has 4 heteroatoms. The molecule has 140 valence electrons. The van der Waals surface area contributed by atoms with Gasteiger partial charge in [0.1, 0.15) is 0 Å². The summed E-state index contributed by atoms with van der Waals surface area (Å²) in [5.74, 6) is 0.106. The molecule has 28 heavy (non-hydrogen) atoms. The Balaban J connectivity index is 1.86. The van der Waals surface area contributed by atoms with E-state index in [1.807, 2.05) is 55.1 Å². The summed E-state index contributed by atoms with van der Waals surface area (Å²) in [4.78, 5) is 11.4. The van der Waals surface area contributed by atoms with Crippen molar-refractivity contribution in [2.45, 2.75) is 31.2 Å². The molecule has 3 aromatic rings. The van der Waals surface area contributed by atoms with E-state index in [1.54, 1.807) is 0 Å². The van der Waals surface area contributed by atoms with E-state index in [9.17, 15) is 5.26 Å². The van der Waals surface area contributed by atoms with E-state index < -0.39 is 0 Å². The van der Waals surface area contributed by atoms with Gasteiger partial charge in [-0.05, 0) is 66.9 Å². The van der Waals surface area contributed by atoms with Crippen molar-refractivity contribution in [3.8, 4) is 6.07 Å². The van der Waals surface area contributed by atoms with Crippen molar-refractivity contribution < 1.29 is 0 Å². The fraction of sp³-hybridized carbons (Fsp3) is 0.292. The molecule has 0 bridgehead atoms. The highest BCUT2D eigenvalue weighted by molar-refractivity contribution is 5.40. The first-order valence-electron chi connectivity index (χ1n) is 9.91. The molecule has 0 N–H and O–H groups in total. The fourth-order valence-electron chi connectivity index (χ4n) is 4.28. The summed E-state index contributed by atoms with van der Waals surface area (Å²) in [5.41, 5.74) is 4.23. The highest BCUT2D eigenvalue weighted by atomic mass is 15.2. The summed E-state index contributed by atoms with van der Waals surface area (Å²) in [6.45, 7) is 2.14. The molecule has 1 aliphatic heterocycles. The molecule has 1 unspecified atom stereocenters. The number of rotatable bonds is 5. The van der Waals surface area contributed by atoms with Crippen LogP contribution in [0.3, 0.4) is 0 Å². The van der Waals surface area contributed by atoms with Crippen molar-refractivity contribution in [3.05, 3.63) is 95.6 Å². The second kappa shape index (κ2) is 8.77. The third-order valence-corrected chi connectivity index (χ3v) is 5.54. The molecule has 1 saturated heterocycles. The largest absolute Gasteiger partial charge is 0.295 e. The zero-order valence-electron chi connectivity index (χ0n) is 15.9. The molecule has 3 heterocycles. The average Bonchev–Trinajstić information content (AvgIpc) is 2.79. The number of piperidine rings is 1. The fourth-order valence-corrected chi connectivity index (χ4v) is 4.28. The number of nitriles is 1. The lowest BCUT2D eigenvalue weighted by atomic mass is 9.81. The smallest absolute Gasteiger partial charge is 0.0991 e. The molecule has 1 atom stereocenters. The van der Waals surface area contributed by atoms with Crippen molar-refractivity contribution >= 4 is 0 Å². The van der Waals surface area contributed by atoms with E-state index in [0.29, 0.717) is 5.56 Å². The number of hydrogen-bond donors (Lipinski definition) is 0. The molecule has 0 saturated carbocycles. The third kappa shape index (κ3) is 3.95. The molecule has 4 rings (SSSR count). The van der Waals surface area contributed by atoms with Gasteiger partial charge in [0.2, 0.25) is 0 Å². The van der Waals surface area contributed by atoms with Gasteiger partial charge >= 0.3 is 0 Å². The van der Waals surface area contributed by atoms with E-state index in [-0.39, 0.29) is 12.0 Å². The van der Waals surface area contributed by atoms with Gasteiger partial charge < -0.3 is 0 Å². The van der Waals surface area contributed by atoms with Crippen molar-refractivity contribution in [3.63, 3.8) is 0 Å². The van der Waals surface area contributed by atoms with Gasteiger partial charge in [-0.2, -0.15) is 5.26 Å². The zero-order valence-corrected chi connectivity index (χ0v) is 15.9.